The molecule has 0 heterocycles. The highest BCUT2D eigenvalue weighted by Crippen LogP contribution is 2.61. The van der Waals surface area contributed by atoms with Crippen LogP contribution in [0.25, 0.3) is 6.08 Å². The van der Waals surface area contributed by atoms with E-state index < -0.39 is 18.8 Å². The molecule has 0 bridgehead atoms. The van der Waals surface area contributed by atoms with E-state index in [0.29, 0.717) is 11.3 Å². The standard InChI is InChI=1S/C24H38FO5P/c1-11-29-31(27,30-12-2)24(9,25)20(26)14-13-17-15-18(22(3,4)5)16-19(21(17)28-10)23(6,7)8/h13-16H,11-12H2,1-10H3. The Bertz CT molecular complexity index is 850. The van der Waals surface area contributed by atoms with Crippen molar-refractivity contribution in [1.82, 2.24) is 0 Å². The normalized spacial score (nSPS) is 15.2. The van der Waals surface area contributed by atoms with Gasteiger partial charge in [0.2, 0.25) is 5.78 Å². The summed E-state index contributed by atoms with van der Waals surface area (Å²) in [5.74, 6) is -0.374. The molecule has 0 saturated heterocycles. The Hall–Kier alpha value is -1.49. The molecule has 1 aromatic rings. The van der Waals surface area contributed by atoms with Gasteiger partial charge in [0, 0.05) is 11.1 Å². The molecule has 7 heteroatoms. The molecule has 1 unspecified atom stereocenters. The van der Waals surface area contributed by atoms with Crippen molar-refractivity contribution in [3.63, 3.8) is 0 Å². The number of halogens is 1. The number of methoxy groups -OCH3 is 1. The molecule has 0 aromatic heterocycles. The summed E-state index contributed by atoms with van der Waals surface area (Å²) in [7, 11) is -2.72. The van der Waals surface area contributed by atoms with E-state index in [1.165, 1.54) is 6.08 Å². The monoisotopic (exact) mass is 456 g/mol. The first-order chi connectivity index (χ1) is 14.0. The molecule has 1 rings (SSSR count). The highest BCUT2D eigenvalue weighted by Gasteiger charge is 2.53. The van der Waals surface area contributed by atoms with E-state index in [9.17, 15) is 9.36 Å². The van der Waals surface area contributed by atoms with Gasteiger partial charge < -0.3 is 13.8 Å². The van der Waals surface area contributed by atoms with Crippen LogP contribution < -0.4 is 4.74 Å². The molecule has 176 valence electrons. The van der Waals surface area contributed by atoms with Crippen LogP contribution in [0.3, 0.4) is 0 Å². The summed E-state index contributed by atoms with van der Waals surface area (Å²) >= 11 is 0. The van der Waals surface area contributed by atoms with Gasteiger partial charge in [0.25, 0.3) is 5.41 Å². The van der Waals surface area contributed by atoms with Gasteiger partial charge in [-0.15, -0.1) is 0 Å². The Kier molecular flexibility index (Phi) is 8.86. The van der Waals surface area contributed by atoms with Crippen molar-refractivity contribution in [2.24, 2.45) is 0 Å². The lowest BCUT2D eigenvalue weighted by Crippen LogP contribution is -2.30. The predicted octanol–water partition coefficient (Wildman–Crippen LogP) is 6.82. The fourth-order valence-corrected chi connectivity index (χ4v) is 4.65. The molecule has 0 aliphatic carbocycles. The predicted molar refractivity (Wildman–Crippen MR) is 125 cm³/mol. The van der Waals surface area contributed by atoms with Gasteiger partial charge in [0.1, 0.15) is 5.75 Å². The fraction of sp³-hybridized carbons (Fsp3) is 0.625. The molecule has 5 nitrogen and oxygen atoms in total. The van der Waals surface area contributed by atoms with Gasteiger partial charge in [0.05, 0.1) is 20.3 Å². The Morgan fingerprint density at radius 1 is 1.00 bits per heavy atom. The lowest BCUT2D eigenvalue weighted by Gasteiger charge is -2.28. The van der Waals surface area contributed by atoms with E-state index in [0.717, 1.165) is 24.1 Å². The number of carbonyl (C=O) groups excluding carboxylic acids is 1. The maximum Gasteiger partial charge on any atom is 0.375 e. The minimum atomic E-state index is -4.29. The smallest absolute Gasteiger partial charge is 0.375 e. The summed E-state index contributed by atoms with van der Waals surface area (Å²) in [5.41, 5.74) is 2.32. The van der Waals surface area contributed by atoms with E-state index in [-0.39, 0.29) is 24.0 Å². The highest BCUT2D eigenvalue weighted by atomic mass is 31.2. The molecule has 0 spiro atoms. The third-order valence-corrected chi connectivity index (χ3v) is 7.42. The molecule has 0 fully saturated rings. The number of allylic oxidation sites excluding steroid dienone is 1. The first-order valence-corrected chi connectivity index (χ1v) is 12.1. The maximum absolute atomic E-state index is 15.4. The Balaban J connectivity index is 3.56. The van der Waals surface area contributed by atoms with Crippen LogP contribution in [-0.4, -0.2) is 31.5 Å². The van der Waals surface area contributed by atoms with Crippen molar-refractivity contribution in [3.8, 4) is 5.75 Å². The zero-order chi connectivity index (χ0) is 24.3. The van der Waals surface area contributed by atoms with Gasteiger partial charge in [-0.3, -0.25) is 9.36 Å². The molecule has 0 saturated carbocycles. The second kappa shape index (κ2) is 9.97. The summed E-state index contributed by atoms with van der Waals surface area (Å²) in [6.07, 6.45) is 2.59. The number of hydrogen-bond donors (Lipinski definition) is 0. The van der Waals surface area contributed by atoms with Crippen LogP contribution in [0.15, 0.2) is 18.2 Å². The van der Waals surface area contributed by atoms with Crippen molar-refractivity contribution in [2.45, 2.75) is 78.6 Å². The topological polar surface area (TPSA) is 61.8 Å². The van der Waals surface area contributed by atoms with E-state index in [2.05, 4.69) is 47.6 Å². The average molecular weight is 457 g/mol. The minimum absolute atomic E-state index is 0.0375. The molecular weight excluding hydrogens is 418 g/mol. The van der Waals surface area contributed by atoms with Gasteiger partial charge >= 0.3 is 7.60 Å². The summed E-state index contributed by atoms with van der Waals surface area (Å²) in [6, 6.07) is 4.04. The molecule has 1 atom stereocenters. The molecule has 0 aliphatic heterocycles. The van der Waals surface area contributed by atoms with Crippen LogP contribution in [0.5, 0.6) is 5.75 Å². The lowest BCUT2D eigenvalue weighted by molar-refractivity contribution is -0.121. The van der Waals surface area contributed by atoms with Gasteiger partial charge in [-0.1, -0.05) is 47.6 Å². The van der Waals surface area contributed by atoms with Crippen molar-refractivity contribution in [2.75, 3.05) is 20.3 Å². The number of carbonyl (C=O) groups is 1. The summed E-state index contributed by atoms with van der Waals surface area (Å²) < 4.78 is 44.1. The molecule has 1 aromatic carbocycles. The fourth-order valence-electron chi connectivity index (χ4n) is 3.07. The number of rotatable bonds is 9. The zero-order valence-electron chi connectivity index (χ0n) is 20.6. The number of ether oxygens (including phenoxy) is 1. The van der Waals surface area contributed by atoms with E-state index in [1.54, 1.807) is 21.0 Å². The third kappa shape index (κ3) is 6.27. The molecule has 0 N–H and O–H groups in total. The quantitative estimate of drug-likeness (QED) is 0.301. The van der Waals surface area contributed by atoms with Crippen LogP contribution in [0.2, 0.25) is 0 Å². The van der Waals surface area contributed by atoms with Crippen LogP contribution in [-0.2, 0) is 29.2 Å². The van der Waals surface area contributed by atoms with Crippen LogP contribution in [0, 0.1) is 0 Å². The molecular formula is C24H38FO5P. The van der Waals surface area contributed by atoms with Crippen molar-refractivity contribution in [3.05, 3.63) is 34.9 Å². The van der Waals surface area contributed by atoms with E-state index >= 15 is 4.39 Å². The summed E-state index contributed by atoms with van der Waals surface area (Å²) in [5, 5.41) is -2.81. The van der Waals surface area contributed by atoms with Gasteiger partial charge in [-0.2, -0.15) is 0 Å². The number of hydrogen-bond acceptors (Lipinski definition) is 5. The third-order valence-electron chi connectivity index (χ3n) is 4.97. The number of benzene rings is 1. The Morgan fingerprint density at radius 3 is 1.90 bits per heavy atom. The lowest BCUT2D eigenvalue weighted by atomic mass is 9.79. The zero-order valence-corrected chi connectivity index (χ0v) is 21.5. The van der Waals surface area contributed by atoms with Gasteiger partial charge in [-0.25, -0.2) is 4.39 Å². The second-order valence-electron chi connectivity index (χ2n) is 9.63. The van der Waals surface area contributed by atoms with Gasteiger partial charge in [0.15, 0.2) is 0 Å². The Morgan fingerprint density at radius 2 is 1.52 bits per heavy atom. The SMILES string of the molecule is CCOP(=O)(OCC)C(C)(F)C(=O)C=Cc1cc(C(C)(C)C)cc(C(C)(C)C)c1OC. The first-order valence-electron chi connectivity index (χ1n) is 10.6. The van der Waals surface area contributed by atoms with Crippen molar-refractivity contribution >= 4 is 19.5 Å². The number of ketones is 1. The Labute approximate surface area is 186 Å². The van der Waals surface area contributed by atoms with Crippen LogP contribution >= 0.6 is 7.60 Å². The van der Waals surface area contributed by atoms with Crippen LogP contribution in [0.1, 0.15) is 79.0 Å². The highest BCUT2D eigenvalue weighted by molar-refractivity contribution is 7.56. The first kappa shape index (κ1) is 27.5. The van der Waals surface area contributed by atoms with Crippen molar-refractivity contribution in [1.29, 1.82) is 0 Å². The van der Waals surface area contributed by atoms with E-state index in [1.807, 2.05) is 6.07 Å². The molecule has 0 aliphatic rings. The summed E-state index contributed by atoms with van der Waals surface area (Å²) in [4.78, 5) is 12.8. The second-order valence-corrected chi connectivity index (χ2v) is 12.0. The molecule has 0 radical (unpaired) electrons. The molecule has 31 heavy (non-hydrogen) atoms. The largest absolute Gasteiger partial charge is 0.496 e. The maximum atomic E-state index is 15.4. The summed E-state index contributed by atoms with van der Waals surface area (Å²) in [6.45, 7) is 16.5. The van der Waals surface area contributed by atoms with Gasteiger partial charge in [-0.05, 0) is 55.4 Å². The number of alkyl halides is 1. The van der Waals surface area contributed by atoms with Crippen molar-refractivity contribution < 1.29 is 27.5 Å². The van der Waals surface area contributed by atoms with Crippen LogP contribution in [0.4, 0.5) is 4.39 Å². The average Bonchev–Trinajstić information content (AvgIpc) is 2.63. The molecule has 0 amide bonds. The minimum Gasteiger partial charge on any atom is -0.496 e. The van der Waals surface area contributed by atoms with E-state index in [4.69, 9.17) is 13.8 Å².